The summed E-state index contributed by atoms with van der Waals surface area (Å²) < 4.78 is 0. The Bertz CT molecular complexity index is 2610. The van der Waals surface area contributed by atoms with Gasteiger partial charge in [-0.05, 0) is 95.5 Å². The molecule has 0 aliphatic carbocycles. The monoisotopic (exact) mass is 1220 g/mol. The van der Waals surface area contributed by atoms with Crippen molar-refractivity contribution in [2.45, 2.75) is 157 Å². The average Bonchev–Trinajstić information content (AvgIpc) is 3.15. The zero-order valence-corrected chi connectivity index (χ0v) is 47.7. The van der Waals surface area contributed by atoms with Gasteiger partial charge in [-0.25, -0.2) is 9.78 Å². The van der Waals surface area contributed by atoms with Crippen molar-refractivity contribution in [2.24, 2.45) is 33.7 Å². The molecule has 1 aliphatic heterocycles. The Labute approximate surface area is 494 Å². The molecule has 1 aromatic carbocycles. The van der Waals surface area contributed by atoms with E-state index in [0.29, 0.717) is 43.5 Å². The summed E-state index contributed by atoms with van der Waals surface area (Å²) in [5, 5.41) is 78.3. The number of carbonyl (C=O) groups is 11. The van der Waals surface area contributed by atoms with Crippen molar-refractivity contribution in [3.05, 3.63) is 48.0 Å². The first-order chi connectivity index (χ1) is 40.8. The smallest absolute Gasteiger partial charge is 0.328 e. The van der Waals surface area contributed by atoms with E-state index in [1.54, 1.807) is 0 Å². The molecule has 9 amide bonds. The number of nitrogens with one attached hydrogen (secondary N) is 9. The van der Waals surface area contributed by atoms with Crippen LogP contribution in [0.2, 0.25) is 0 Å². The molecule has 0 radical (unpaired) electrons. The number of aliphatic hydroxyl groups excluding tert-OH is 3. The van der Waals surface area contributed by atoms with Crippen molar-refractivity contribution >= 4 is 71.1 Å². The highest BCUT2D eigenvalue weighted by Gasteiger charge is 2.41. The Kier molecular flexibility index (Phi) is 30.8. The summed E-state index contributed by atoms with van der Waals surface area (Å²) >= 11 is 0. The molecular weight excluding hydrogens is 1130 g/mol. The summed E-state index contributed by atoms with van der Waals surface area (Å²) in [5.74, 6) is -12.8. The standard InChI is InChI=1S/C52H83N17O17/c1-27(72)41(51(85)86)68-47(81)36(22-40(74)75)64-48(82)37(24-70)66-45(79)34(20-28-12-14-30(73)15-13-28)63-44(78)32(9-3-5-17-54)61-43(77)33(10-6-18-59-52(56)57)62-46(80)35(21-29-23-58-26-60-29)65-49(83)39-11-7-19-69(39)50(84)38(25-71)67-42(76)31(55)8-2-4-16-53/h12-15,23,26-27,31-39,41,70-73H,2-11,16-22,24-25,53-55H2,1H3,(H,58,60)(H,61,77)(H,62,80)(H,63,78)(H,64,82)(H,65,83)(H,66,79)(H,67,76)(H,68,81)(H,74,75)(H,85,86)(H4,56,57,59)/t27-,31+,32+,33+,34+,35+,36+,37+,38+,39+,41+/m1/s1. The van der Waals surface area contributed by atoms with Gasteiger partial charge >= 0.3 is 11.9 Å². The number of H-pyrrole nitrogens is 1. The molecule has 0 bridgehead atoms. The van der Waals surface area contributed by atoms with Gasteiger partial charge in [-0.1, -0.05) is 18.6 Å². The van der Waals surface area contributed by atoms with Gasteiger partial charge in [0.25, 0.3) is 0 Å². The number of carboxylic acid groups (broad SMARTS) is 2. The number of imidazole rings is 1. The maximum atomic E-state index is 14.5. The second-order valence-corrected chi connectivity index (χ2v) is 20.4. The highest BCUT2D eigenvalue weighted by molar-refractivity contribution is 5.99. The fraction of sp³-hybridized carbons (Fsp3) is 0.596. The fourth-order valence-electron chi connectivity index (χ4n) is 8.89. The number of carbonyl (C=O) groups excluding carboxylic acids is 9. The molecule has 3 rings (SSSR count). The molecule has 1 aromatic heterocycles. The molecule has 2 aromatic rings. The Morgan fingerprint density at radius 2 is 1.17 bits per heavy atom. The number of aliphatic carboxylic acids is 2. The molecule has 1 fully saturated rings. The number of aromatic hydroxyl groups is 1. The first kappa shape index (κ1) is 71.7. The number of hydrogen-bond donors (Lipinski definition) is 20. The SMILES string of the molecule is C[C@@H](O)[C@H](NC(=O)[C@H](CC(=O)O)NC(=O)[C@H](CO)NC(=O)[C@H](Cc1ccc(O)cc1)NC(=O)[C@H](CCCCN)NC(=O)[C@H](CCCN=C(N)N)NC(=O)[C@H](Cc1cnc[nH]1)NC(=O)[C@@H]1CCCN1C(=O)[C@H](CO)NC(=O)[C@@H](N)CCCCN)C(=O)O. The Balaban J connectivity index is 1.95. The molecule has 34 nitrogen and oxygen atoms in total. The van der Waals surface area contributed by atoms with Gasteiger partial charge in [-0.15, -0.1) is 0 Å². The molecule has 478 valence electrons. The van der Waals surface area contributed by atoms with Gasteiger partial charge in [0.2, 0.25) is 53.2 Å². The molecule has 0 saturated carbocycles. The van der Waals surface area contributed by atoms with Crippen LogP contribution >= 0.6 is 0 Å². The Morgan fingerprint density at radius 3 is 1.71 bits per heavy atom. The van der Waals surface area contributed by atoms with Crippen LogP contribution in [0.25, 0.3) is 0 Å². The molecule has 11 atom stereocenters. The number of phenols is 1. The number of guanidine groups is 1. The van der Waals surface area contributed by atoms with Crippen LogP contribution in [0.3, 0.4) is 0 Å². The number of benzene rings is 1. The van der Waals surface area contributed by atoms with Crippen molar-refractivity contribution in [3.63, 3.8) is 0 Å². The largest absolute Gasteiger partial charge is 0.508 e. The first-order valence-corrected chi connectivity index (χ1v) is 27.9. The number of phenolic OH excluding ortho intramolecular Hbond substituents is 1. The van der Waals surface area contributed by atoms with Crippen molar-refractivity contribution < 1.29 is 83.4 Å². The van der Waals surface area contributed by atoms with Gasteiger partial charge in [0, 0.05) is 37.8 Å². The zero-order valence-electron chi connectivity index (χ0n) is 47.7. The van der Waals surface area contributed by atoms with Crippen LogP contribution in [0.4, 0.5) is 0 Å². The van der Waals surface area contributed by atoms with E-state index in [0.717, 1.165) is 6.92 Å². The average molecular weight is 1220 g/mol. The maximum Gasteiger partial charge on any atom is 0.328 e. The number of aromatic nitrogens is 2. The van der Waals surface area contributed by atoms with Crippen molar-refractivity contribution in [1.82, 2.24) is 57.4 Å². The normalized spacial score (nSPS) is 16.4. The molecular formula is C52H83N17O17. The number of carboxylic acids is 2. The van der Waals surface area contributed by atoms with E-state index in [1.807, 2.05) is 10.6 Å². The lowest BCUT2D eigenvalue weighted by atomic mass is 10.0. The number of amides is 9. The topological polar surface area (TPSA) is 580 Å². The van der Waals surface area contributed by atoms with E-state index in [1.165, 1.54) is 41.7 Å². The van der Waals surface area contributed by atoms with E-state index in [2.05, 4.69) is 46.9 Å². The van der Waals surface area contributed by atoms with Crippen LogP contribution in [0.15, 0.2) is 41.8 Å². The fourth-order valence-corrected chi connectivity index (χ4v) is 8.89. The van der Waals surface area contributed by atoms with Crippen LogP contribution in [0, 0.1) is 0 Å². The molecule has 34 heteroatoms. The quantitative estimate of drug-likeness (QED) is 0.0168. The van der Waals surface area contributed by atoms with E-state index >= 15 is 0 Å². The summed E-state index contributed by atoms with van der Waals surface area (Å²) in [5.41, 5.74) is 29.1. The molecule has 0 spiro atoms. The minimum Gasteiger partial charge on any atom is -0.508 e. The summed E-state index contributed by atoms with van der Waals surface area (Å²) in [6, 6.07) is -10.4. The molecule has 86 heavy (non-hydrogen) atoms. The maximum absolute atomic E-state index is 14.5. The van der Waals surface area contributed by atoms with Gasteiger partial charge in [0.05, 0.1) is 38.1 Å². The third kappa shape index (κ3) is 24.2. The minimum atomic E-state index is -2.00. The molecule has 1 saturated heterocycles. The molecule has 25 N–H and O–H groups in total. The number of rotatable bonds is 39. The molecule has 0 unspecified atom stereocenters. The van der Waals surface area contributed by atoms with Gasteiger partial charge in [-0.3, -0.25) is 52.9 Å². The van der Waals surface area contributed by atoms with Crippen LogP contribution < -0.4 is 71.2 Å². The van der Waals surface area contributed by atoms with Crippen LogP contribution in [-0.2, 0) is 65.6 Å². The van der Waals surface area contributed by atoms with Gasteiger partial charge in [0.1, 0.15) is 54.1 Å². The number of aromatic amines is 1. The zero-order chi connectivity index (χ0) is 64.0. The van der Waals surface area contributed by atoms with Crippen LogP contribution in [-0.4, -0.2) is 222 Å². The van der Waals surface area contributed by atoms with Gasteiger partial charge < -0.3 is 112 Å². The number of nitrogens with two attached hydrogens (primary N) is 5. The van der Waals surface area contributed by atoms with Crippen molar-refractivity contribution in [2.75, 3.05) is 39.4 Å². The lowest BCUT2D eigenvalue weighted by Crippen LogP contribution is -2.61. The van der Waals surface area contributed by atoms with Crippen LogP contribution in [0.5, 0.6) is 5.75 Å². The summed E-state index contributed by atoms with van der Waals surface area (Å²) in [7, 11) is 0. The third-order valence-electron chi connectivity index (χ3n) is 13.6. The summed E-state index contributed by atoms with van der Waals surface area (Å²) in [6.45, 7) is -0.433. The van der Waals surface area contributed by atoms with E-state index in [4.69, 9.17) is 28.7 Å². The Morgan fingerprint density at radius 1 is 0.663 bits per heavy atom. The van der Waals surface area contributed by atoms with Crippen LogP contribution in [0.1, 0.15) is 88.8 Å². The second-order valence-electron chi connectivity index (χ2n) is 20.4. The van der Waals surface area contributed by atoms with E-state index < -0.39 is 151 Å². The predicted molar refractivity (Wildman–Crippen MR) is 304 cm³/mol. The number of aliphatic imine (C=N–C) groups is 1. The lowest BCUT2D eigenvalue weighted by Gasteiger charge is -2.30. The number of nitrogens with zero attached hydrogens (tertiary/aromatic N) is 3. The van der Waals surface area contributed by atoms with Gasteiger partial charge in [0.15, 0.2) is 12.0 Å². The summed E-state index contributed by atoms with van der Waals surface area (Å²) in [4.78, 5) is 160. The predicted octanol–water partition coefficient (Wildman–Crippen LogP) is -7.67. The first-order valence-electron chi connectivity index (χ1n) is 27.9. The molecule has 2 heterocycles. The van der Waals surface area contributed by atoms with Crippen molar-refractivity contribution in [3.8, 4) is 5.75 Å². The minimum absolute atomic E-state index is 0.0414. The number of unbranched alkanes of at least 4 members (excludes halogenated alkanes) is 2. The second kappa shape index (κ2) is 37.0. The lowest BCUT2D eigenvalue weighted by molar-refractivity contribution is -0.146. The number of likely N-dealkylation sites (tertiary alicyclic amines) is 1. The van der Waals surface area contributed by atoms with Crippen molar-refractivity contribution in [1.29, 1.82) is 0 Å². The molecule has 1 aliphatic rings. The number of aliphatic hydroxyl groups is 3. The van der Waals surface area contributed by atoms with E-state index in [9.17, 15) is 83.4 Å². The summed E-state index contributed by atoms with van der Waals surface area (Å²) in [6.07, 6.45) is 1.45. The highest BCUT2D eigenvalue weighted by atomic mass is 16.4. The number of hydrogen-bond acceptors (Lipinski definition) is 20. The van der Waals surface area contributed by atoms with E-state index in [-0.39, 0.29) is 82.7 Å². The van der Waals surface area contributed by atoms with Gasteiger partial charge in [-0.2, -0.15) is 0 Å². The third-order valence-corrected chi connectivity index (χ3v) is 13.6. The highest BCUT2D eigenvalue weighted by Crippen LogP contribution is 2.20. The Hall–Kier alpha value is -8.57.